The van der Waals surface area contributed by atoms with Gasteiger partial charge in [0.2, 0.25) is 0 Å². The summed E-state index contributed by atoms with van der Waals surface area (Å²) < 4.78 is 0. The van der Waals surface area contributed by atoms with Crippen LogP contribution in [0.3, 0.4) is 0 Å². The second-order valence-corrected chi connectivity index (χ2v) is 9.03. The number of benzene rings is 2. The third kappa shape index (κ3) is 3.00. The van der Waals surface area contributed by atoms with Gasteiger partial charge < -0.3 is 4.90 Å². The van der Waals surface area contributed by atoms with Crippen molar-refractivity contribution in [2.45, 2.75) is 50.5 Å². The topological polar surface area (TPSA) is 3.24 Å². The van der Waals surface area contributed by atoms with Crippen molar-refractivity contribution >= 4 is 11.6 Å². The van der Waals surface area contributed by atoms with Gasteiger partial charge in [-0.1, -0.05) is 60.5 Å². The van der Waals surface area contributed by atoms with Gasteiger partial charge in [0.1, 0.15) is 0 Å². The maximum Gasteiger partial charge on any atom is 0.0484 e. The highest BCUT2D eigenvalue weighted by Crippen LogP contribution is 2.48. The van der Waals surface area contributed by atoms with Crippen molar-refractivity contribution in [3.63, 3.8) is 0 Å². The first-order chi connectivity index (χ1) is 12.8. The highest BCUT2D eigenvalue weighted by atomic mass is 35.5. The van der Waals surface area contributed by atoms with Gasteiger partial charge in [-0.25, -0.2) is 0 Å². The van der Waals surface area contributed by atoms with Crippen LogP contribution >= 0.6 is 11.6 Å². The number of hydrogen-bond donors (Lipinski definition) is 0. The molecule has 2 aliphatic carbocycles. The zero-order chi connectivity index (χ0) is 17.5. The van der Waals surface area contributed by atoms with Crippen LogP contribution in [0.1, 0.15) is 50.0 Å². The fraction of sp³-hybridized carbons (Fsp3) is 0.500. The molecule has 0 unspecified atom stereocenters. The highest BCUT2D eigenvalue weighted by Gasteiger charge is 2.42. The van der Waals surface area contributed by atoms with Crippen LogP contribution in [0.25, 0.3) is 11.1 Å². The SMILES string of the molecule is Clc1ccccc1-c1ccccc1C1CCN([C@H]2C[C@H]3CC[C@H]2C3)CC1. The van der Waals surface area contributed by atoms with E-state index in [4.69, 9.17) is 11.6 Å². The summed E-state index contributed by atoms with van der Waals surface area (Å²) in [5.74, 6) is 2.72. The average Bonchev–Trinajstić information content (AvgIpc) is 3.32. The Hall–Kier alpha value is -1.31. The van der Waals surface area contributed by atoms with E-state index in [1.807, 2.05) is 12.1 Å². The molecule has 3 aliphatic rings. The van der Waals surface area contributed by atoms with Gasteiger partial charge in [0.25, 0.3) is 0 Å². The number of piperidine rings is 1. The van der Waals surface area contributed by atoms with Gasteiger partial charge in [0.05, 0.1) is 0 Å². The molecule has 0 N–H and O–H groups in total. The molecular weight excluding hydrogens is 338 g/mol. The van der Waals surface area contributed by atoms with Crippen molar-refractivity contribution in [3.05, 3.63) is 59.1 Å². The summed E-state index contributed by atoms with van der Waals surface area (Å²) in [6.07, 6.45) is 8.56. The summed E-state index contributed by atoms with van der Waals surface area (Å²) in [4.78, 5) is 2.83. The fourth-order valence-corrected chi connectivity index (χ4v) is 6.22. The second kappa shape index (κ2) is 7.02. The quantitative estimate of drug-likeness (QED) is 0.610. The molecule has 5 rings (SSSR count). The van der Waals surface area contributed by atoms with Crippen molar-refractivity contribution in [2.75, 3.05) is 13.1 Å². The normalized spacial score (nSPS) is 29.3. The Balaban J connectivity index is 1.34. The second-order valence-electron chi connectivity index (χ2n) is 8.62. The van der Waals surface area contributed by atoms with Gasteiger partial charge >= 0.3 is 0 Å². The Bertz CT molecular complexity index is 777. The fourth-order valence-electron chi connectivity index (χ4n) is 5.98. The van der Waals surface area contributed by atoms with Crippen molar-refractivity contribution in [3.8, 4) is 11.1 Å². The van der Waals surface area contributed by atoms with Gasteiger partial charge in [-0.3, -0.25) is 0 Å². The van der Waals surface area contributed by atoms with Crippen molar-refractivity contribution in [1.82, 2.24) is 4.90 Å². The molecule has 1 aliphatic heterocycles. The molecule has 1 heterocycles. The molecule has 0 spiro atoms. The number of hydrogen-bond acceptors (Lipinski definition) is 1. The Morgan fingerprint density at radius 2 is 1.50 bits per heavy atom. The van der Waals surface area contributed by atoms with Crippen LogP contribution in [-0.2, 0) is 0 Å². The summed E-state index contributed by atoms with van der Waals surface area (Å²) in [6, 6.07) is 18.1. The summed E-state index contributed by atoms with van der Waals surface area (Å²) in [5.41, 5.74) is 4.00. The highest BCUT2D eigenvalue weighted by molar-refractivity contribution is 6.33. The van der Waals surface area contributed by atoms with E-state index >= 15 is 0 Å². The molecule has 3 fully saturated rings. The maximum atomic E-state index is 6.51. The molecule has 1 nitrogen and oxygen atoms in total. The minimum absolute atomic E-state index is 0.664. The molecule has 2 heteroatoms. The number of halogens is 1. The van der Waals surface area contributed by atoms with Crippen LogP contribution in [0.2, 0.25) is 5.02 Å². The van der Waals surface area contributed by atoms with Gasteiger partial charge in [0, 0.05) is 16.6 Å². The van der Waals surface area contributed by atoms with Crippen LogP contribution in [0, 0.1) is 11.8 Å². The first-order valence-corrected chi connectivity index (χ1v) is 10.8. The summed E-state index contributed by atoms with van der Waals surface area (Å²) in [6.45, 7) is 2.55. The Morgan fingerprint density at radius 1 is 0.769 bits per heavy atom. The van der Waals surface area contributed by atoms with Gasteiger partial charge in [-0.2, -0.15) is 0 Å². The minimum Gasteiger partial charge on any atom is -0.300 e. The first kappa shape index (κ1) is 16.8. The van der Waals surface area contributed by atoms with E-state index in [9.17, 15) is 0 Å². The summed E-state index contributed by atoms with van der Waals surface area (Å²) in [5, 5.41) is 0.861. The number of nitrogens with zero attached hydrogens (tertiary/aromatic N) is 1. The van der Waals surface area contributed by atoms with Crippen molar-refractivity contribution < 1.29 is 0 Å². The number of likely N-dealkylation sites (tertiary alicyclic amines) is 1. The van der Waals surface area contributed by atoms with E-state index in [-0.39, 0.29) is 0 Å². The molecule has 2 saturated carbocycles. The molecule has 2 aromatic carbocycles. The standard InChI is InChI=1S/C24H28ClN/c25-23-8-4-3-7-22(23)21-6-2-1-5-20(21)18-11-13-26(14-12-18)24-16-17-9-10-19(24)15-17/h1-8,17-19,24H,9-16H2/t17-,19-,24-/m0/s1. The molecule has 136 valence electrons. The zero-order valence-electron chi connectivity index (χ0n) is 15.4. The first-order valence-electron chi connectivity index (χ1n) is 10.4. The third-order valence-electron chi connectivity index (χ3n) is 7.26. The molecule has 26 heavy (non-hydrogen) atoms. The Kier molecular flexibility index (Phi) is 4.54. The van der Waals surface area contributed by atoms with E-state index in [1.54, 1.807) is 0 Å². The monoisotopic (exact) mass is 365 g/mol. The number of rotatable bonds is 3. The Morgan fingerprint density at radius 3 is 2.19 bits per heavy atom. The predicted octanol–water partition coefficient (Wildman–Crippen LogP) is 6.38. The van der Waals surface area contributed by atoms with Gasteiger partial charge in [-0.15, -0.1) is 0 Å². The van der Waals surface area contributed by atoms with Gasteiger partial charge in [0.15, 0.2) is 0 Å². The molecule has 0 radical (unpaired) electrons. The van der Waals surface area contributed by atoms with Crippen molar-refractivity contribution in [2.24, 2.45) is 11.8 Å². The molecule has 0 amide bonds. The van der Waals surface area contributed by atoms with E-state index < -0.39 is 0 Å². The van der Waals surface area contributed by atoms with Crippen molar-refractivity contribution in [1.29, 1.82) is 0 Å². The van der Waals surface area contributed by atoms with E-state index in [0.29, 0.717) is 5.92 Å². The zero-order valence-corrected chi connectivity index (χ0v) is 16.2. The van der Waals surface area contributed by atoms with Crippen LogP contribution in [0.4, 0.5) is 0 Å². The predicted molar refractivity (Wildman–Crippen MR) is 110 cm³/mol. The smallest absolute Gasteiger partial charge is 0.0484 e. The van der Waals surface area contributed by atoms with Gasteiger partial charge in [-0.05, 0) is 80.1 Å². The van der Waals surface area contributed by atoms with E-state index in [0.717, 1.165) is 22.9 Å². The lowest BCUT2D eigenvalue weighted by Crippen LogP contribution is -2.43. The van der Waals surface area contributed by atoms with Crippen LogP contribution in [-0.4, -0.2) is 24.0 Å². The third-order valence-corrected chi connectivity index (χ3v) is 7.59. The lowest BCUT2D eigenvalue weighted by atomic mass is 9.83. The largest absolute Gasteiger partial charge is 0.300 e. The van der Waals surface area contributed by atoms with Crippen LogP contribution in [0.5, 0.6) is 0 Å². The lowest BCUT2D eigenvalue weighted by Gasteiger charge is -2.40. The number of fused-ring (bicyclic) bond motifs is 2. The average molecular weight is 366 g/mol. The molecule has 1 saturated heterocycles. The molecular formula is C24H28ClN. The minimum atomic E-state index is 0.664. The van der Waals surface area contributed by atoms with Crippen LogP contribution in [0.15, 0.2) is 48.5 Å². The van der Waals surface area contributed by atoms with E-state index in [1.165, 1.54) is 68.3 Å². The maximum absolute atomic E-state index is 6.51. The molecule has 3 atom stereocenters. The van der Waals surface area contributed by atoms with Crippen LogP contribution < -0.4 is 0 Å². The summed E-state index contributed by atoms with van der Waals surface area (Å²) in [7, 11) is 0. The molecule has 0 aromatic heterocycles. The van der Waals surface area contributed by atoms with E-state index in [2.05, 4.69) is 41.3 Å². The molecule has 2 bridgehead atoms. The summed E-state index contributed by atoms with van der Waals surface area (Å²) >= 11 is 6.51. The molecule has 2 aromatic rings. The lowest BCUT2D eigenvalue weighted by molar-refractivity contribution is 0.111. The Labute approximate surface area is 162 Å².